The number of carbonyl (C=O) groups is 2. The summed E-state index contributed by atoms with van der Waals surface area (Å²) in [5, 5.41) is 5.98. The zero-order valence-corrected chi connectivity index (χ0v) is 18.2. The summed E-state index contributed by atoms with van der Waals surface area (Å²) in [6.07, 6.45) is 1.46. The van der Waals surface area contributed by atoms with E-state index in [-0.39, 0.29) is 41.9 Å². The minimum absolute atomic E-state index is 0.0772. The molecular formula is C19H21Cl2N3O4S. The van der Waals surface area contributed by atoms with Crippen LogP contribution in [-0.4, -0.2) is 33.0 Å². The van der Waals surface area contributed by atoms with Crippen LogP contribution in [0.5, 0.6) is 0 Å². The Morgan fingerprint density at radius 1 is 1.00 bits per heavy atom. The van der Waals surface area contributed by atoms with Gasteiger partial charge in [-0.25, -0.2) is 8.42 Å². The first-order valence-electron chi connectivity index (χ1n) is 8.66. The molecule has 2 N–H and O–H groups in total. The number of hydrogen-bond acceptors (Lipinski definition) is 4. The van der Waals surface area contributed by atoms with E-state index in [9.17, 15) is 18.0 Å². The van der Waals surface area contributed by atoms with Crippen LogP contribution in [0.2, 0.25) is 10.0 Å². The third-order valence-corrected chi connectivity index (χ3v) is 5.57. The van der Waals surface area contributed by atoms with Crippen LogP contribution >= 0.6 is 23.2 Å². The largest absolute Gasteiger partial charge is 0.326 e. The number of hydrogen-bond donors (Lipinski definition) is 2. The lowest BCUT2D eigenvalue weighted by Crippen LogP contribution is -2.31. The number of halogens is 2. The molecule has 10 heteroatoms. The topological polar surface area (TPSA) is 95.6 Å². The Labute approximate surface area is 180 Å². The summed E-state index contributed by atoms with van der Waals surface area (Å²) < 4.78 is 25.5. The Bertz CT molecular complexity index is 995. The molecule has 2 amide bonds. The van der Waals surface area contributed by atoms with Crippen molar-refractivity contribution in [3.63, 3.8) is 0 Å². The fourth-order valence-electron chi connectivity index (χ4n) is 2.59. The number of anilines is 3. The Balaban J connectivity index is 1.96. The summed E-state index contributed by atoms with van der Waals surface area (Å²) in [6.45, 7) is 1.49. The monoisotopic (exact) mass is 457 g/mol. The molecule has 0 bridgehead atoms. The molecule has 0 spiro atoms. The normalized spacial score (nSPS) is 11.0. The SMILES string of the molecule is CC(=O)Nc1ccc(NC(=O)CCCN(c2cc(Cl)ccc2Cl)S(C)(=O)=O)cc1. The number of nitrogens with zero attached hydrogens (tertiary/aromatic N) is 1. The molecule has 0 heterocycles. The van der Waals surface area contributed by atoms with Gasteiger partial charge in [0.05, 0.1) is 17.0 Å². The first-order chi connectivity index (χ1) is 13.6. The zero-order valence-electron chi connectivity index (χ0n) is 15.9. The number of amides is 2. The average molecular weight is 458 g/mol. The highest BCUT2D eigenvalue weighted by molar-refractivity contribution is 7.92. The van der Waals surface area contributed by atoms with E-state index in [1.807, 2.05) is 0 Å². The number of benzene rings is 2. The predicted molar refractivity (Wildman–Crippen MR) is 117 cm³/mol. The van der Waals surface area contributed by atoms with Gasteiger partial charge in [-0.1, -0.05) is 23.2 Å². The minimum Gasteiger partial charge on any atom is -0.326 e. The second-order valence-electron chi connectivity index (χ2n) is 6.34. The van der Waals surface area contributed by atoms with E-state index in [0.29, 0.717) is 16.4 Å². The fraction of sp³-hybridized carbons (Fsp3) is 0.263. The Hall–Kier alpha value is -2.29. The summed E-state index contributed by atoms with van der Waals surface area (Å²) in [5.74, 6) is -0.444. The smallest absolute Gasteiger partial charge is 0.232 e. The Morgan fingerprint density at radius 3 is 2.14 bits per heavy atom. The highest BCUT2D eigenvalue weighted by Crippen LogP contribution is 2.30. The lowest BCUT2D eigenvalue weighted by Gasteiger charge is -2.23. The van der Waals surface area contributed by atoms with Crippen molar-refractivity contribution in [3.05, 3.63) is 52.5 Å². The van der Waals surface area contributed by atoms with E-state index < -0.39 is 10.0 Å². The summed E-state index contributed by atoms with van der Waals surface area (Å²) >= 11 is 12.1. The lowest BCUT2D eigenvalue weighted by molar-refractivity contribution is -0.116. The standard InChI is InChI=1S/C19H21Cl2N3O4S/c1-13(25)22-15-6-8-16(9-7-15)23-19(26)4-3-11-24(29(2,27)28)18-12-14(20)5-10-17(18)21/h5-10,12H,3-4,11H2,1-2H3,(H,22,25)(H,23,26). The van der Waals surface area contributed by atoms with Crippen LogP contribution in [-0.2, 0) is 19.6 Å². The molecule has 0 fully saturated rings. The van der Waals surface area contributed by atoms with E-state index in [0.717, 1.165) is 10.6 Å². The molecule has 2 aromatic carbocycles. The van der Waals surface area contributed by atoms with Crippen molar-refractivity contribution in [1.29, 1.82) is 0 Å². The number of rotatable bonds is 8. The van der Waals surface area contributed by atoms with Gasteiger partial charge in [0.25, 0.3) is 0 Å². The predicted octanol–water partition coefficient (Wildman–Crippen LogP) is 4.14. The van der Waals surface area contributed by atoms with Crippen LogP contribution in [0.3, 0.4) is 0 Å². The van der Waals surface area contributed by atoms with Gasteiger partial charge in [-0.3, -0.25) is 13.9 Å². The van der Waals surface area contributed by atoms with Crippen molar-refractivity contribution in [1.82, 2.24) is 0 Å². The van der Waals surface area contributed by atoms with Gasteiger partial charge in [0.1, 0.15) is 0 Å². The number of nitrogens with one attached hydrogen (secondary N) is 2. The molecule has 0 aliphatic carbocycles. The van der Waals surface area contributed by atoms with Crippen LogP contribution < -0.4 is 14.9 Å². The van der Waals surface area contributed by atoms with Crippen LogP contribution in [0.15, 0.2) is 42.5 Å². The second kappa shape index (κ2) is 9.96. The Kier molecular flexibility index (Phi) is 7.89. The van der Waals surface area contributed by atoms with Gasteiger partial charge in [0, 0.05) is 36.3 Å². The molecule has 0 atom stereocenters. The molecule has 0 aliphatic rings. The molecule has 7 nitrogen and oxygen atoms in total. The fourth-order valence-corrected chi connectivity index (χ4v) is 3.99. The van der Waals surface area contributed by atoms with Crippen molar-refractivity contribution in [2.45, 2.75) is 19.8 Å². The molecular weight excluding hydrogens is 437 g/mol. The van der Waals surface area contributed by atoms with E-state index in [1.165, 1.54) is 19.1 Å². The number of sulfonamides is 1. The molecule has 0 aliphatic heterocycles. The molecule has 2 aromatic rings. The van der Waals surface area contributed by atoms with Crippen molar-refractivity contribution in [2.75, 3.05) is 27.7 Å². The number of carbonyl (C=O) groups excluding carboxylic acids is 2. The van der Waals surface area contributed by atoms with Gasteiger partial charge in [-0.05, 0) is 48.9 Å². The van der Waals surface area contributed by atoms with Crippen LogP contribution in [0, 0.1) is 0 Å². The van der Waals surface area contributed by atoms with Crippen LogP contribution in [0.1, 0.15) is 19.8 Å². The first kappa shape index (κ1) is 23.0. The van der Waals surface area contributed by atoms with E-state index in [2.05, 4.69) is 10.6 Å². The maximum absolute atomic E-state index is 12.2. The Morgan fingerprint density at radius 2 is 1.59 bits per heavy atom. The van der Waals surface area contributed by atoms with Crippen LogP contribution in [0.25, 0.3) is 0 Å². The van der Waals surface area contributed by atoms with Gasteiger partial charge < -0.3 is 10.6 Å². The van der Waals surface area contributed by atoms with Crippen molar-refractivity contribution in [2.24, 2.45) is 0 Å². The summed E-state index contributed by atoms with van der Waals surface area (Å²) in [7, 11) is -3.60. The van der Waals surface area contributed by atoms with Crippen LogP contribution in [0.4, 0.5) is 17.1 Å². The van der Waals surface area contributed by atoms with E-state index >= 15 is 0 Å². The van der Waals surface area contributed by atoms with Crippen molar-refractivity contribution >= 4 is 62.1 Å². The molecule has 29 heavy (non-hydrogen) atoms. The summed E-state index contributed by atoms with van der Waals surface area (Å²) in [4.78, 5) is 23.2. The van der Waals surface area contributed by atoms with Gasteiger partial charge in [0.2, 0.25) is 21.8 Å². The van der Waals surface area contributed by atoms with Crippen molar-refractivity contribution in [3.8, 4) is 0 Å². The quantitative estimate of drug-likeness (QED) is 0.622. The van der Waals surface area contributed by atoms with Crippen molar-refractivity contribution < 1.29 is 18.0 Å². The van der Waals surface area contributed by atoms with E-state index in [4.69, 9.17) is 23.2 Å². The summed E-state index contributed by atoms with van der Waals surface area (Å²) in [6, 6.07) is 11.2. The highest BCUT2D eigenvalue weighted by Gasteiger charge is 2.20. The van der Waals surface area contributed by atoms with Gasteiger partial charge >= 0.3 is 0 Å². The van der Waals surface area contributed by atoms with Gasteiger partial charge in [-0.15, -0.1) is 0 Å². The molecule has 0 saturated heterocycles. The minimum atomic E-state index is -3.60. The maximum atomic E-state index is 12.2. The second-order valence-corrected chi connectivity index (χ2v) is 9.09. The third-order valence-electron chi connectivity index (χ3n) is 3.83. The van der Waals surface area contributed by atoms with Gasteiger partial charge in [-0.2, -0.15) is 0 Å². The molecule has 156 valence electrons. The molecule has 0 aromatic heterocycles. The molecule has 2 rings (SSSR count). The molecule has 0 saturated carbocycles. The first-order valence-corrected chi connectivity index (χ1v) is 11.3. The zero-order chi connectivity index (χ0) is 21.6. The highest BCUT2D eigenvalue weighted by atomic mass is 35.5. The summed E-state index contributed by atoms with van der Waals surface area (Å²) in [5.41, 5.74) is 1.47. The average Bonchev–Trinajstić information content (AvgIpc) is 2.61. The van der Waals surface area contributed by atoms with E-state index in [1.54, 1.807) is 30.3 Å². The maximum Gasteiger partial charge on any atom is 0.232 e. The molecule has 0 radical (unpaired) electrons. The lowest BCUT2D eigenvalue weighted by atomic mass is 10.2. The third kappa shape index (κ3) is 7.23. The molecule has 0 unspecified atom stereocenters. The van der Waals surface area contributed by atoms with Gasteiger partial charge in [0.15, 0.2) is 0 Å².